The first kappa shape index (κ1) is 21.0. The van der Waals surface area contributed by atoms with E-state index in [4.69, 9.17) is 15.7 Å². The minimum Gasteiger partial charge on any atom is -0.491 e. The normalized spacial score (nSPS) is 19.8. The summed E-state index contributed by atoms with van der Waals surface area (Å²) in [5.41, 5.74) is 8.44. The maximum atomic E-state index is 11.9. The fourth-order valence-electron chi connectivity index (χ4n) is 2.94. The van der Waals surface area contributed by atoms with Crippen molar-refractivity contribution in [1.82, 2.24) is 9.99 Å². The summed E-state index contributed by atoms with van der Waals surface area (Å²) in [5.74, 6) is 0.984. The molecule has 0 amide bonds. The van der Waals surface area contributed by atoms with Gasteiger partial charge in [0.2, 0.25) is 0 Å². The summed E-state index contributed by atoms with van der Waals surface area (Å²) in [5, 5.41) is 13.2. The summed E-state index contributed by atoms with van der Waals surface area (Å²) in [6.07, 6.45) is 6.12. The van der Waals surface area contributed by atoms with Crippen molar-refractivity contribution >= 4 is 23.5 Å². The molecular weight excluding hydrogens is 362 g/mol. The topological polar surface area (TPSA) is 102 Å². The van der Waals surface area contributed by atoms with Crippen molar-refractivity contribution in [3.8, 4) is 0 Å². The number of carbonyl (C=O) groups excluding carboxylic acids is 1. The number of hydrogen-bond donors (Lipinski definition) is 2. The molecule has 1 aliphatic rings. The molecule has 0 aliphatic heterocycles. The van der Waals surface area contributed by atoms with Crippen LogP contribution in [0.25, 0.3) is 0 Å². The molecule has 0 saturated carbocycles. The molecule has 2 N–H and O–H groups in total. The second-order valence-electron chi connectivity index (χ2n) is 7.42. The zero-order chi connectivity index (χ0) is 20.2. The summed E-state index contributed by atoms with van der Waals surface area (Å²) in [6.45, 7) is 10.2. The highest BCUT2D eigenvalue weighted by molar-refractivity contribution is 7.14. The number of Topliss-reactive ketones (excluding diaryl/α,β-unsaturated/α-hetero) is 1. The number of thiazole rings is 1. The average molecular weight is 390 g/mol. The molecular formula is C19H27N5O2S. The number of nitrogens with zero attached hydrogens (tertiary/aromatic N) is 3. The Morgan fingerprint density at radius 1 is 1.56 bits per heavy atom. The number of hydrogen-bond acceptors (Lipinski definition) is 7. The lowest BCUT2D eigenvalue weighted by atomic mass is 9.83. The first-order chi connectivity index (χ1) is 12.7. The van der Waals surface area contributed by atoms with Gasteiger partial charge >= 0.3 is 0 Å². The van der Waals surface area contributed by atoms with Crippen molar-refractivity contribution < 1.29 is 9.53 Å². The Hall–Kier alpha value is -2.35. The number of aryl methyl sites for hydroxylation is 1. The van der Waals surface area contributed by atoms with Crippen LogP contribution >= 0.6 is 11.3 Å². The van der Waals surface area contributed by atoms with Crippen LogP contribution in [0.1, 0.15) is 60.9 Å². The molecule has 1 aromatic heterocycles. The van der Waals surface area contributed by atoms with E-state index in [9.17, 15) is 4.79 Å². The Kier molecular flexibility index (Phi) is 6.64. The van der Waals surface area contributed by atoms with Crippen LogP contribution in [0, 0.1) is 23.8 Å². The summed E-state index contributed by atoms with van der Waals surface area (Å²) >= 11 is 1.42. The predicted octanol–water partition coefficient (Wildman–Crippen LogP) is 5.00. The molecule has 0 spiro atoms. The van der Waals surface area contributed by atoms with Gasteiger partial charge < -0.3 is 4.74 Å². The van der Waals surface area contributed by atoms with E-state index in [-0.39, 0.29) is 11.2 Å². The molecule has 146 valence electrons. The van der Waals surface area contributed by atoms with Gasteiger partial charge in [-0.2, -0.15) is 5.53 Å². The van der Waals surface area contributed by atoms with E-state index in [1.807, 2.05) is 19.1 Å². The van der Waals surface area contributed by atoms with E-state index < -0.39 is 0 Å². The van der Waals surface area contributed by atoms with Crippen molar-refractivity contribution in [1.29, 1.82) is 10.9 Å². The number of nitrogens with one attached hydrogen (secondary N) is 2. The fourth-order valence-corrected chi connectivity index (χ4v) is 4.06. The zero-order valence-electron chi connectivity index (χ0n) is 16.5. The maximum Gasteiger partial charge on any atom is 0.171 e. The minimum absolute atomic E-state index is 0.0167. The third-order valence-corrected chi connectivity index (χ3v) is 5.96. The quantitative estimate of drug-likeness (QED) is 0.215. The van der Waals surface area contributed by atoms with Crippen LogP contribution in [-0.4, -0.2) is 28.7 Å². The van der Waals surface area contributed by atoms with Gasteiger partial charge in [-0.25, -0.2) is 9.99 Å². The molecule has 8 heteroatoms. The largest absolute Gasteiger partial charge is 0.491 e. The van der Waals surface area contributed by atoms with E-state index in [0.717, 1.165) is 17.0 Å². The van der Waals surface area contributed by atoms with Crippen molar-refractivity contribution in [3.05, 3.63) is 39.2 Å². The molecule has 1 atom stereocenters. The molecule has 7 nitrogen and oxygen atoms in total. The second kappa shape index (κ2) is 8.56. The molecule has 0 radical (unpaired) electrons. The molecule has 0 bridgehead atoms. The SMILES string of the molecule is CC(=O)c1sc([C@]2(C)CC=CC(OCC(C)C)=C(N(C=N)N=N)C2)nc1C. The molecule has 0 fully saturated rings. The van der Waals surface area contributed by atoms with E-state index in [1.165, 1.54) is 16.3 Å². The second-order valence-corrected chi connectivity index (χ2v) is 8.42. The van der Waals surface area contributed by atoms with E-state index in [1.54, 1.807) is 6.92 Å². The van der Waals surface area contributed by atoms with Crippen molar-refractivity contribution in [2.75, 3.05) is 6.61 Å². The maximum absolute atomic E-state index is 11.9. The first-order valence-electron chi connectivity index (χ1n) is 8.90. The lowest BCUT2D eigenvalue weighted by Gasteiger charge is -2.28. The number of aromatic nitrogens is 1. The summed E-state index contributed by atoms with van der Waals surface area (Å²) in [7, 11) is 0. The molecule has 0 saturated heterocycles. The van der Waals surface area contributed by atoms with Crippen molar-refractivity contribution in [2.24, 2.45) is 11.1 Å². The number of carbonyl (C=O) groups is 1. The van der Waals surface area contributed by atoms with E-state index in [0.29, 0.717) is 41.7 Å². The number of ketones is 1. The molecule has 1 aromatic rings. The Bertz CT molecular complexity index is 788. The summed E-state index contributed by atoms with van der Waals surface area (Å²) in [4.78, 5) is 17.2. The van der Waals surface area contributed by atoms with Gasteiger partial charge in [0.1, 0.15) is 17.1 Å². The average Bonchev–Trinajstić information content (AvgIpc) is 2.92. The predicted molar refractivity (Wildman–Crippen MR) is 106 cm³/mol. The lowest BCUT2D eigenvalue weighted by Crippen LogP contribution is -2.27. The van der Waals surface area contributed by atoms with Crippen LogP contribution in [0.3, 0.4) is 0 Å². The van der Waals surface area contributed by atoms with Crippen LogP contribution in [0.15, 0.2) is 28.8 Å². The number of ether oxygens (including phenoxy) is 1. The van der Waals surface area contributed by atoms with Gasteiger partial charge in [0.15, 0.2) is 5.78 Å². The Morgan fingerprint density at radius 3 is 2.78 bits per heavy atom. The van der Waals surface area contributed by atoms with Crippen molar-refractivity contribution in [3.63, 3.8) is 0 Å². The van der Waals surface area contributed by atoms with Gasteiger partial charge in [-0.05, 0) is 25.3 Å². The third-order valence-electron chi connectivity index (χ3n) is 4.39. The molecule has 27 heavy (non-hydrogen) atoms. The zero-order valence-corrected chi connectivity index (χ0v) is 17.3. The highest BCUT2D eigenvalue weighted by Crippen LogP contribution is 2.41. The first-order valence-corrected chi connectivity index (χ1v) is 9.72. The van der Waals surface area contributed by atoms with Crippen molar-refractivity contribution in [2.45, 2.75) is 52.9 Å². The van der Waals surface area contributed by atoms with Gasteiger partial charge in [-0.1, -0.05) is 32.1 Å². The highest BCUT2D eigenvalue weighted by Gasteiger charge is 2.35. The van der Waals surface area contributed by atoms with Crippen LogP contribution < -0.4 is 0 Å². The van der Waals surface area contributed by atoms with E-state index >= 15 is 0 Å². The molecule has 0 aromatic carbocycles. The van der Waals surface area contributed by atoms with Crippen LogP contribution in [0.2, 0.25) is 0 Å². The standard InChI is InChI=1S/C19H27N5O2S/c1-12(2)10-26-16-7-6-8-19(5,9-15(16)24(11-20)23-21)18-22-13(3)17(27-18)14(4)25/h6-7,11-12,20-21H,8-10H2,1-5H3/t19-/m1/s1. The fraction of sp³-hybridized carbons (Fsp3) is 0.526. The molecule has 1 aliphatic carbocycles. The van der Waals surface area contributed by atoms with Crippen LogP contribution in [0.5, 0.6) is 0 Å². The van der Waals surface area contributed by atoms with E-state index in [2.05, 4.69) is 31.0 Å². The minimum atomic E-state index is -0.385. The number of rotatable bonds is 8. The number of allylic oxidation sites excluding steroid dienone is 3. The summed E-state index contributed by atoms with van der Waals surface area (Å²) < 4.78 is 5.95. The van der Waals surface area contributed by atoms with Crippen LogP contribution in [-0.2, 0) is 10.2 Å². The van der Waals surface area contributed by atoms with Gasteiger partial charge in [-0.3, -0.25) is 10.2 Å². The Labute approximate surface area is 164 Å². The Morgan fingerprint density at radius 2 is 2.26 bits per heavy atom. The molecule has 0 unspecified atom stereocenters. The Balaban J connectivity index is 2.48. The monoisotopic (exact) mass is 389 g/mol. The summed E-state index contributed by atoms with van der Waals surface area (Å²) in [6, 6.07) is 0. The smallest absolute Gasteiger partial charge is 0.171 e. The lowest BCUT2D eigenvalue weighted by molar-refractivity contribution is 0.102. The van der Waals surface area contributed by atoms with Gasteiger partial charge in [0.25, 0.3) is 0 Å². The third kappa shape index (κ3) is 4.68. The van der Waals surface area contributed by atoms with Gasteiger partial charge in [-0.15, -0.1) is 11.3 Å². The van der Waals surface area contributed by atoms with Crippen LogP contribution in [0.4, 0.5) is 0 Å². The highest BCUT2D eigenvalue weighted by atomic mass is 32.1. The molecule has 2 rings (SSSR count). The molecule has 1 heterocycles. The van der Waals surface area contributed by atoms with Gasteiger partial charge in [0, 0.05) is 18.8 Å². The van der Waals surface area contributed by atoms with Gasteiger partial charge in [0.05, 0.1) is 22.9 Å².